The molecular weight excluding hydrogens is 378 g/mol. The summed E-state index contributed by atoms with van der Waals surface area (Å²) in [6.07, 6.45) is 0. The summed E-state index contributed by atoms with van der Waals surface area (Å²) in [4.78, 5) is 2.83. The zero-order chi connectivity index (χ0) is 20.7. The predicted molar refractivity (Wildman–Crippen MR) is 125 cm³/mol. The molecule has 4 heteroatoms. The Morgan fingerprint density at radius 2 is 1.46 bits per heavy atom. The first-order valence-corrected chi connectivity index (χ1v) is 13.3. The van der Waals surface area contributed by atoms with Crippen molar-refractivity contribution in [2.75, 3.05) is 0 Å². The molecule has 0 fully saturated rings. The van der Waals surface area contributed by atoms with Gasteiger partial charge >= 0.3 is 0 Å². The summed E-state index contributed by atoms with van der Waals surface area (Å²) in [5.41, 5.74) is 1.80. The van der Waals surface area contributed by atoms with Gasteiger partial charge in [0.2, 0.25) is 0 Å². The monoisotopic (exact) mass is 409 g/mol. The number of aliphatic hydroxyl groups is 1. The minimum absolute atomic E-state index is 0.133. The normalized spacial score (nSPS) is 20.8. The Labute approximate surface area is 175 Å². The lowest BCUT2D eigenvalue weighted by atomic mass is 9.96. The third kappa shape index (κ3) is 3.28. The fraction of sp³-hybridized carbons (Fsp3) is 0.375. The molecule has 1 aliphatic rings. The summed E-state index contributed by atoms with van der Waals surface area (Å²) in [7, 11) is -1.94. The lowest BCUT2D eigenvalue weighted by Crippen LogP contribution is -2.46. The van der Waals surface area contributed by atoms with Gasteiger partial charge in [0.05, 0.1) is 8.07 Å². The van der Waals surface area contributed by atoms with Crippen molar-refractivity contribution in [3.05, 3.63) is 82.6 Å². The van der Waals surface area contributed by atoms with Crippen LogP contribution in [0.15, 0.2) is 71.4 Å². The largest absolute Gasteiger partial charge is 0.363 e. The molecule has 1 atom stereocenters. The first-order valence-electron chi connectivity index (χ1n) is 9.87. The fourth-order valence-electron chi connectivity index (χ4n) is 3.93. The SMILES string of the molecule is CC1=C([Si](C)(C)C(C)(C)C)C(=S)N(Cc2ccccc2)C1(O)c1ccccc1. The highest BCUT2D eigenvalue weighted by Gasteiger charge is 2.53. The smallest absolute Gasteiger partial charge is 0.188 e. The van der Waals surface area contributed by atoms with Gasteiger partial charge in [-0.3, -0.25) is 0 Å². The van der Waals surface area contributed by atoms with E-state index >= 15 is 0 Å². The topological polar surface area (TPSA) is 23.5 Å². The summed E-state index contributed by atoms with van der Waals surface area (Å²) in [5, 5.41) is 13.5. The standard InChI is InChI=1S/C24H31NOSSi/c1-18-21(28(5,6)23(2,3)4)22(27)25(17-19-13-9-7-10-14-19)24(18,26)20-15-11-8-12-16-20/h7-16,26H,17H2,1-6H3. The maximum absolute atomic E-state index is 12.1. The molecule has 2 aromatic rings. The van der Waals surface area contributed by atoms with E-state index in [0.717, 1.165) is 21.7 Å². The number of hydrogen-bond acceptors (Lipinski definition) is 2. The molecule has 1 heterocycles. The van der Waals surface area contributed by atoms with E-state index in [2.05, 4.69) is 52.9 Å². The molecule has 148 valence electrons. The summed E-state index contributed by atoms with van der Waals surface area (Å²) in [6.45, 7) is 14.3. The van der Waals surface area contributed by atoms with Crippen molar-refractivity contribution < 1.29 is 5.11 Å². The average molecular weight is 410 g/mol. The average Bonchev–Trinajstić information content (AvgIpc) is 2.84. The van der Waals surface area contributed by atoms with Gasteiger partial charge in [0, 0.05) is 12.1 Å². The number of rotatable bonds is 4. The van der Waals surface area contributed by atoms with Crippen LogP contribution in [-0.4, -0.2) is 23.1 Å². The molecule has 1 aliphatic heterocycles. The zero-order valence-corrected chi connectivity index (χ0v) is 19.6. The lowest BCUT2D eigenvalue weighted by molar-refractivity contribution is -0.0375. The molecule has 28 heavy (non-hydrogen) atoms. The van der Waals surface area contributed by atoms with Gasteiger partial charge in [-0.2, -0.15) is 0 Å². The quantitative estimate of drug-likeness (QED) is 0.492. The third-order valence-electron chi connectivity index (χ3n) is 6.61. The second-order valence-corrected chi connectivity index (χ2v) is 14.9. The third-order valence-corrected chi connectivity index (χ3v) is 12.8. The number of thiocarbonyl (C=S) groups is 1. The van der Waals surface area contributed by atoms with Crippen molar-refractivity contribution in [1.82, 2.24) is 4.90 Å². The Balaban J connectivity index is 2.19. The maximum Gasteiger partial charge on any atom is 0.188 e. The molecule has 3 rings (SSSR count). The van der Waals surface area contributed by atoms with E-state index in [9.17, 15) is 5.11 Å². The minimum Gasteiger partial charge on any atom is -0.363 e. The summed E-state index contributed by atoms with van der Waals surface area (Å²) in [5.74, 6) is 0. The van der Waals surface area contributed by atoms with E-state index in [4.69, 9.17) is 12.2 Å². The Bertz CT molecular complexity index is 899. The van der Waals surface area contributed by atoms with Crippen LogP contribution >= 0.6 is 12.2 Å². The van der Waals surface area contributed by atoms with E-state index in [0.29, 0.717) is 6.54 Å². The summed E-state index contributed by atoms with van der Waals surface area (Å²) >= 11 is 6.05. The molecular formula is C24H31NOSSi. The van der Waals surface area contributed by atoms with Crippen molar-refractivity contribution in [2.24, 2.45) is 0 Å². The molecule has 0 saturated carbocycles. The van der Waals surface area contributed by atoms with E-state index in [-0.39, 0.29) is 5.04 Å². The Morgan fingerprint density at radius 1 is 0.964 bits per heavy atom. The second kappa shape index (κ2) is 7.25. The first-order chi connectivity index (χ1) is 13.0. The Kier molecular flexibility index (Phi) is 5.43. The first kappa shape index (κ1) is 21.0. The van der Waals surface area contributed by atoms with Gasteiger partial charge in [-0.05, 0) is 28.3 Å². The molecule has 0 aliphatic carbocycles. The van der Waals surface area contributed by atoms with Crippen molar-refractivity contribution in [1.29, 1.82) is 0 Å². The van der Waals surface area contributed by atoms with Gasteiger partial charge in [0.25, 0.3) is 0 Å². The fourth-order valence-corrected chi connectivity index (χ4v) is 7.57. The van der Waals surface area contributed by atoms with E-state index < -0.39 is 13.8 Å². The molecule has 0 amide bonds. The second-order valence-electron chi connectivity index (χ2n) is 9.29. The molecule has 0 aromatic heterocycles. The highest BCUT2D eigenvalue weighted by Crippen LogP contribution is 2.51. The molecule has 0 radical (unpaired) electrons. The van der Waals surface area contributed by atoms with Crippen LogP contribution in [0.5, 0.6) is 0 Å². The van der Waals surface area contributed by atoms with Crippen LogP contribution in [0.4, 0.5) is 0 Å². The summed E-state index contributed by atoms with van der Waals surface area (Å²) < 4.78 is 0. The molecule has 1 N–H and O–H groups in total. The van der Waals surface area contributed by atoms with Crippen LogP contribution in [0.25, 0.3) is 0 Å². The summed E-state index contributed by atoms with van der Waals surface area (Å²) in [6, 6.07) is 20.2. The Hall–Kier alpha value is -1.75. The zero-order valence-electron chi connectivity index (χ0n) is 17.8. The van der Waals surface area contributed by atoms with Crippen LogP contribution in [-0.2, 0) is 12.3 Å². The molecule has 0 bridgehead atoms. The molecule has 0 saturated heterocycles. The van der Waals surface area contributed by atoms with Crippen molar-refractivity contribution in [3.8, 4) is 0 Å². The van der Waals surface area contributed by atoms with Gasteiger partial charge < -0.3 is 10.0 Å². The lowest BCUT2D eigenvalue weighted by Gasteiger charge is -2.39. The number of hydrogen-bond donors (Lipinski definition) is 1. The van der Waals surface area contributed by atoms with Gasteiger partial charge in [-0.25, -0.2) is 0 Å². The highest BCUT2D eigenvalue weighted by molar-refractivity contribution is 7.81. The predicted octanol–water partition coefficient (Wildman–Crippen LogP) is 6.04. The van der Waals surface area contributed by atoms with Gasteiger partial charge in [0.1, 0.15) is 4.99 Å². The van der Waals surface area contributed by atoms with E-state index in [1.165, 1.54) is 5.20 Å². The number of benzene rings is 2. The molecule has 2 aromatic carbocycles. The molecule has 2 nitrogen and oxygen atoms in total. The van der Waals surface area contributed by atoms with Gasteiger partial charge in [-0.1, -0.05) is 107 Å². The minimum atomic E-state index is -1.94. The van der Waals surface area contributed by atoms with Gasteiger partial charge in [-0.15, -0.1) is 0 Å². The van der Waals surface area contributed by atoms with Crippen molar-refractivity contribution in [3.63, 3.8) is 0 Å². The molecule has 0 spiro atoms. The van der Waals surface area contributed by atoms with Crippen molar-refractivity contribution in [2.45, 2.75) is 58.1 Å². The van der Waals surface area contributed by atoms with Crippen LogP contribution in [0.1, 0.15) is 38.8 Å². The maximum atomic E-state index is 12.1. The van der Waals surface area contributed by atoms with E-state index in [1.54, 1.807) is 0 Å². The van der Waals surface area contributed by atoms with Crippen LogP contribution in [0, 0.1) is 0 Å². The van der Waals surface area contributed by atoms with Crippen LogP contribution in [0.3, 0.4) is 0 Å². The van der Waals surface area contributed by atoms with Crippen LogP contribution in [0.2, 0.25) is 18.1 Å². The van der Waals surface area contributed by atoms with Crippen molar-refractivity contribution >= 4 is 25.3 Å². The van der Waals surface area contributed by atoms with Gasteiger partial charge in [0.15, 0.2) is 5.72 Å². The Morgan fingerprint density at radius 3 is 1.96 bits per heavy atom. The number of nitrogens with zero attached hydrogens (tertiary/aromatic N) is 1. The van der Waals surface area contributed by atoms with Crippen LogP contribution < -0.4 is 0 Å². The van der Waals surface area contributed by atoms with E-state index in [1.807, 2.05) is 53.4 Å². The molecule has 1 unspecified atom stereocenters. The highest BCUT2D eigenvalue weighted by atomic mass is 32.1.